The minimum Gasteiger partial charge on any atom is -0.0654 e. The van der Waals surface area contributed by atoms with Crippen molar-refractivity contribution in [1.82, 2.24) is 0 Å². The van der Waals surface area contributed by atoms with Crippen LogP contribution in [-0.4, -0.2) is 6.16 Å². The molecule has 0 saturated carbocycles. The molecule has 1 atom stereocenters. The summed E-state index contributed by atoms with van der Waals surface area (Å²) in [7, 11) is -0.280. The Bertz CT molecular complexity index is 759. The fourth-order valence-electron chi connectivity index (χ4n) is 4.38. The van der Waals surface area contributed by atoms with Gasteiger partial charge in [-0.3, -0.25) is 0 Å². The summed E-state index contributed by atoms with van der Waals surface area (Å²) in [4.78, 5) is 0. The fourth-order valence-corrected chi connectivity index (χ4v) is 6.99. The Balaban J connectivity index is 2.62. The molecule has 0 saturated heterocycles. The second-order valence-corrected chi connectivity index (χ2v) is 10.9. The molecule has 2 aromatic carbocycles. The lowest BCUT2D eigenvalue weighted by Crippen LogP contribution is -2.22. The summed E-state index contributed by atoms with van der Waals surface area (Å²) in [5.41, 5.74) is 8.03. The molecule has 0 aromatic heterocycles. The van der Waals surface area contributed by atoms with Gasteiger partial charge in [-0.15, -0.1) is 0 Å². The zero-order valence-corrected chi connectivity index (χ0v) is 20.8. The molecule has 0 spiro atoms. The molecule has 2 aromatic rings. The smallest absolute Gasteiger partial charge is 0.0160 e. The summed E-state index contributed by atoms with van der Waals surface area (Å²) < 4.78 is 0. The standard InChI is InChI=1S/C28H43P/c1-7-11-16-24-20-21-28(26(18-13-9-3)25(24)17-12-8-2)29(10-4)27-19-14-15-22(5)23(27)6/h14-15,19-21H,7-13,16-18H2,1-6H3. The van der Waals surface area contributed by atoms with Crippen molar-refractivity contribution in [1.29, 1.82) is 0 Å². The van der Waals surface area contributed by atoms with Crippen molar-refractivity contribution in [3.8, 4) is 0 Å². The Morgan fingerprint density at radius 1 is 0.655 bits per heavy atom. The van der Waals surface area contributed by atoms with E-state index >= 15 is 0 Å². The zero-order chi connectivity index (χ0) is 21.2. The van der Waals surface area contributed by atoms with Crippen LogP contribution in [0.2, 0.25) is 0 Å². The van der Waals surface area contributed by atoms with Gasteiger partial charge < -0.3 is 0 Å². The highest BCUT2D eigenvalue weighted by Gasteiger charge is 2.21. The highest BCUT2D eigenvalue weighted by atomic mass is 31.1. The van der Waals surface area contributed by atoms with Crippen molar-refractivity contribution < 1.29 is 0 Å². The van der Waals surface area contributed by atoms with E-state index < -0.39 is 0 Å². The predicted molar refractivity (Wildman–Crippen MR) is 135 cm³/mol. The van der Waals surface area contributed by atoms with Gasteiger partial charge >= 0.3 is 0 Å². The van der Waals surface area contributed by atoms with Gasteiger partial charge in [0.2, 0.25) is 0 Å². The summed E-state index contributed by atoms with van der Waals surface area (Å²) in [6, 6.07) is 12.0. The van der Waals surface area contributed by atoms with Crippen molar-refractivity contribution in [3.05, 3.63) is 58.1 Å². The summed E-state index contributed by atoms with van der Waals surface area (Å²) in [5, 5.41) is 3.28. The van der Waals surface area contributed by atoms with Gasteiger partial charge in [0, 0.05) is 0 Å². The molecule has 0 N–H and O–H groups in total. The van der Waals surface area contributed by atoms with Crippen LogP contribution in [-0.2, 0) is 19.3 Å². The van der Waals surface area contributed by atoms with Gasteiger partial charge in [-0.25, -0.2) is 0 Å². The molecule has 0 bridgehead atoms. The summed E-state index contributed by atoms with van der Waals surface area (Å²) >= 11 is 0. The number of aryl methyl sites for hydroxylation is 2. The Labute approximate surface area is 182 Å². The topological polar surface area (TPSA) is 0 Å². The van der Waals surface area contributed by atoms with Crippen LogP contribution in [0.4, 0.5) is 0 Å². The number of benzene rings is 2. The first-order valence-electron chi connectivity index (χ1n) is 12.1. The minimum atomic E-state index is -0.280. The SMILES string of the molecule is CCCCc1ccc(P(CC)c2cccc(C)c2C)c(CCCC)c1CCCC. The first-order valence-corrected chi connectivity index (χ1v) is 13.6. The van der Waals surface area contributed by atoms with Gasteiger partial charge in [-0.1, -0.05) is 77.3 Å². The molecule has 2 rings (SSSR count). The third kappa shape index (κ3) is 6.18. The van der Waals surface area contributed by atoms with Crippen LogP contribution in [0.3, 0.4) is 0 Å². The maximum atomic E-state index is 2.53. The summed E-state index contributed by atoms with van der Waals surface area (Å²) in [6.07, 6.45) is 12.8. The molecule has 0 radical (unpaired) electrons. The van der Waals surface area contributed by atoms with Crippen LogP contribution in [0.15, 0.2) is 30.3 Å². The van der Waals surface area contributed by atoms with E-state index in [0.717, 1.165) is 0 Å². The lowest BCUT2D eigenvalue weighted by Gasteiger charge is -2.26. The molecule has 0 fully saturated rings. The number of hydrogen-bond donors (Lipinski definition) is 0. The van der Waals surface area contributed by atoms with Gasteiger partial charge in [0.15, 0.2) is 0 Å². The first kappa shape index (κ1) is 24.1. The van der Waals surface area contributed by atoms with E-state index in [4.69, 9.17) is 0 Å². The van der Waals surface area contributed by atoms with Gasteiger partial charge in [-0.2, -0.15) is 0 Å². The molecule has 0 aliphatic carbocycles. The second-order valence-electron chi connectivity index (χ2n) is 8.47. The lowest BCUT2D eigenvalue weighted by atomic mass is 9.91. The summed E-state index contributed by atoms with van der Waals surface area (Å²) in [6.45, 7) is 14.0. The molecule has 0 aliphatic heterocycles. The van der Waals surface area contributed by atoms with E-state index in [1.165, 1.54) is 75.1 Å². The molecule has 1 unspecified atom stereocenters. The molecule has 0 aliphatic rings. The zero-order valence-electron chi connectivity index (χ0n) is 19.9. The van der Waals surface area contributed by atoms with E-state index in [0.29, 0.717) is 0 Å². The Morgan fingerprint density at radius 2 is 1.28 bits per heavy atom. The second kappa shape index (κ2) is 12.5. The van der Waals surface area contributed by atoms with Gasteiger partial charge in [0.1, 0.15) is 0 Å². The molecule has 1 heteroatoms. The van der Waals surface area contributed by atoms with Crippen LogP contribution in [0.1, 0.15) is 94.0 Å². The van der Waals surface area contributed by atoms with E-state index in [1.54, 1.807) is 27.3 Å². The highest BCUT2D eigenvalue weighted by Crippen LogP contribution is 2.38. The lowest BCUT2D eigenvalue weighted by molar-refractivity contribution is 0.737. The van der Waals surface area contributed by atoms with Crippen molar-refractivity contribution in [2.75, 3.05) is 6.16 Å². The van der Waals surface area contributed by atoms with Crippen LogP contribution in [0, 0.1) is 13.8 Å². The van der Waals surface area contributed by atoms with Crippen LogP contribution in [0.5, 0.6) is 0 Å². The molecule has 0 nitrogen and oxygen atoms in total. The molecule has 0 amide bonds. The van der Waals surface area contributed by atoms with Gasteiger partial charge in [-0.05, 0) is 105 Å². The molecular formula is C28H43P. The minimum absolute atomic E-state index is 0.280. The van der Waals surface area contributed by atoms with Crippen molar-refractivity contribution in [2.45, 2.75) is 99.3 Å². The van der Waals surface area contributed by atoms with Crippen molar-refractivity contribution in [2.24, 2.45) is 0 Å². The molecule has 29 heavy (non-hydrogen) atoms. The Morgan fingerprint density at radius 3 is 1.90 bits per heavy atom. The van der Waals surface area contributed by atoms with Crippen LogP contribution < -0.4 is 10.6 Å². The average Bonchev–Trinajstić information content (AvgIpc) is 2.73. The third-order valence-corrected chi connectivity index (χ3v) is 9.04. The van der Waals surface area contributed by atoms with Crippen molar-refractivity contribution in [3.63, 3.8) is 0 Å². The molecular weight excluding hydrogens is 367 g/mol. The monoisotopic (exact) mass is 410 g/mol. The quantitative estimate of drug-likeness (QED) is 0.313. The van der Waals surface area contributed by atoms with E-state index in [9.17, 15) is 0 Å². The number of hydrogen-bond acceptors (Lipinski definition) is 0. The van der Waals surface area contributed by atoms with Crippen molar-refractivity contribution >= 4 is 18.5 Å². The number of rotatable bonds is 12. The van der Waals surface area contributed by atoms with E-state index in [-0.39, 0.29) is 7.92 Å². The summed E-state index contributed by atoms with van der Waals surface area (Å²) in [5.74, 6) is 0. The van der Waals surface area contributed by atoms with Gasteiger partial charge in [0.25, 0.3) is 0 Å². The number of unbranched alkanes of at least 4 members (excludes halogenated alkanes) is 3. The largest absolute Gasteiger partial charge is 0.0654 e. The first-order chi connectivity index (χ1) is 14.1. The Hall–Kier alpha value is -1.13. The predicted octanol–water partition coefficient (Wildman–Crippen LogP) is 7.78. The van der Waals surface area contributed by atoms with Crippen LogP contribution in [0.25, 0.3) is 0 Å². The van der Waals surface area contributed by atoms with Gasteiger partial charge in [0.05, 0.1) is 0 Å². The normalized spacial score (nSPS) is 12.3. The van der Waals surface area contributed by atoms with E-state index in [2.05, 4.69) is 71.9 Å². The maximum Gasteiger partial charge on any atom is -0.0160 e. The van der Waals surface area contributed by atoms with E-state index in [1.807, 2.05) is 0 Å². The maximum absolute atomic E-state index is 2.53. The third-order valence-electron chi connectivity index (χ3n) is 6.34. The fraction of sp³-hybridized carbons (Fsp3) is 0.571. The average molecular weight is 411 g/mol. The molecule has 0 heterocycles. The Kier molecular flexibility index (Phi) is 10.4. The molecule has 160 valence electrons. The van der Waals surface area contributed by atoms with Crippen LogP contribution >= 0.6 is 7.92 Å². The highest BCUT2D eigenvalue weighted by molar-refractivity contribution is 7.73.